The highest BCUT2D eigenvalue weighted by Gasteiger charge is 2.40. The molecular weight excluding hydrogens is 230 g/mol. The fourth-order valence-corrected chi connectivity index (χ4v) is 2.09. The van der Waals surface area contributed by atoms with E-state index in [1.165, 1.54) is 0 Å². The Hall–Kier alpha value is -2.35. The summed E-state index contributed by atoms with van der Waals surface area (Å²) in [6.07, 6.45) is 0.398. The van der Waals surface area contributed by atoms with E-state index in [1.54, 1.807) is 12.1 Å². The van der Waals surface area contributed by atoms with Crippen molar-refractivity contribution in [3.63, 3.8) is 0 Å². The highest BCUT2D eigenvalue weighted by Crippen LogP contribution is 2.34. The minimum Gasteiger partial charge on any atom is -0.351 e. The number of urea groups is 1. The van der Waals surface area contributed by atoms with E-state index in [0.717, 1.165) is 10.5 Å². The molecule has 2 rings (SSSR count). The van der Waals surface area contributed by atoms with Crippen molar-refractivity contribution in [3.8, 4) is 6.07 Å². The van der Waals surface area contributed by atoms with Gasteiger partial charge in [0.1, 0.15) is 0 Å². The quantitative estimate of drug-likeness (QED) is 0.844. The highest BCUT2D eigenvalue weighted by molar-refractivity contribution is 6.04. The van der Waals surface area contributed by atoms with E-state index >= 15 is 0 Å². The van der Waals surface area contributed by atoms with E-state index < -0.39 is 17.9 Å². The van der Waals surface area contributed by atoms with E-state index in [-0.39, 0.29) is 6.54 Å². The van der Waals surface area contributed by atoms with Crippen molar-refractivity contribution >= 4 is 11.9 Å². The lowest BCUT2D eigenvalue weighted by atomic mass is 9.86. The molecule has 1 aliphatic rings. The third-order valence-electron chi connectivity index (χ3n) is 3.00. The molecule has 5 nitrogen and oxygen atoms in total. The fourth-order valence-electron chi connectivity index (χ4n) is 2.09. The van der Waals surface area contributed by atoms with Crippen LogP contribution in [0.25, 0.3) is 0 Å². The molecular formula is C13H12N3O2. The molecule has 1 atom stereocenters. The van der Waals surface area contributed by atoms with E-state index in [2.05, 4.69) is 6.07 Å². The summed E-state index contributed by atoms with van der Waals surface area (Å²) >= 11 is 0. The maximum atomic E-state index is 12.0. The summed E-state index contributed by atoms with van der Waals surface area (Å²) in [7, 11) is 0. The Morgan fingerprint density at radius 3 is 2.56 bits per heavy atom. The molecule has 1 saturated heterocycles. The molecule has 0 saturated carbocycles. The van der Waals surface area contributed by atoms with Crippen LogP contribution < -0.4 is 5.73 Å². The summed E-state index contributed by atoms with van der Waals surface area (Å²) in [5.41, 5.74) is 5.86. The number of benzene rings is 1. The first kappa shape index (κ1) is 12.1. The van der Waals surface area contributed by atoms with Crippen LogP contribution in [-0.4, -0.2) is 23.4 Å². The molecule has 1 aromatic carbocycles. The molecule has 1 heterocycles. The molecule has 1 aliphatic heterocycles. The van der Waals surface area contributed by atoms with Crippen LogP contribution in [0.2, 0.25) is 0 Å². The van der Waals surface area contributed by atoms with Crippen molar-refractivity contribution in [1.82, 2.24) is 4.90 Å². The van der Waals surface area contributed by atoms with Crippen LogP contribution in [0.5, 0.6) is 0 Å². The average Bonchev–Trinajstić information content (AvgIpc) is 2.74. The maximum Gasteiger partial charge on any atom is 0.321 e. The third-order valence-corrected chi connectivity index (χ3v) is 3.00. The molecule has 0 bridgehead atoms. The van der Waals surface area contributed by atoms with Crippen LogP contribution >= 0.6 is 0 Å². The minimum atomic E-state index is -0.764. The normalized spacial score (nSPS) is 17.5. The Morgan fingerprint density at radius 1 is 1.39 bits per heavy atom. The zero-order valence-corrected chi connectivity index (χ0v) is 9.67. The molecule has 18 heavy (non-hydrogen) atoms. The number of hydrogen-bond donors (Lipinski definition) is 1. The summed E-state index contributed by atoms with van der Waals surface area (Å²) in [6, 6.07) is 10.4. The van der Waals surface area contributed by atoms with Crippen LogP contribution in [0.4, 0.5) is 4.79 Å². The van der Waals surface area contributed by atoms with Gasteiger partial charge in [-0.2, -0.15) is 5.26 Å². The van der Waals surface area contributed by atoms with E-state index in [0.29, 0.717) is 12.3 Å². The number of carbonyl (C=O) groups is 2. The lowest BCUT2D eigenvalue weighted by molar-refractivity contribution is -0.123. The van der Waals surface area contributed by atoms with Gasteiger partial charge < -0.3 is 5.73 Å². The fraction of sp³-hybridized carbons (Fsp3) is 0.231. The van der Waals surface area contributed by atoms with Gasteiger partial charge in [0.2, 0.25) is 5.91 Å². The van der Waals surface area contributed by atoms with Gasteiger partial charge >= 0.3 is 6.03 Å². The van der Waals surface area contributed by atoms with E-state index in [1.807, 2.05) is 18.2 Å². The van der Waals surface area contributed by atoms with Crippen LogP contribution in [0, 0.1) is 17.2 Å². The first-order chi connectivity index (χ1) is 8.65. The van der Waals surface area contributed by atoms with Crippen LogP contribution in [0.1, 0.15) is 17.9 Å². The second kappa shape index (κ2) is 4.88. The van der Waals surface area contributed by atoms with Crippen molar-refractivity contribution in [3.05, 3.63) is 41.8 Å². The van der Waals surface area contributed by atoms with Gasteiger partial charge in [-0.1, -0.05) is 30.3 Å². The molecule has 1 unspecified atom stereocenters. The van der Waals surface area contributed by atoms with Gasteiger partial charge in [0, 0.05) is 6.54 Å². The Balaban J connectivity index is 2.24. The molecule has 1 aromatic rings. The largest absolute Gasteiger partial charge is 0.351 e. The highest BCUT2D eigenvalue weighted by atomic mass is 16.2. The number of hydrogen-bond acceptors (Lipinski definition) is 3. The van der Waals surface area contributed by atoms with Gasteiger partial charge in [-0.25, -0.2) is 4.79 Å². The molecule has 0 spiro atoms. The predicted molar refractivity (Wildman–Crippen MR) is 64.0 cm³/mol. The Kier molecular flexibility index (Phi) is 3.28. The number of carbonyl (C=O) groups excluding carboxylic acids is 2. The molecule has 3 amide bonds. The number of nitrogens with two attached hydrogens (primary N) is 1. The Morgan fingerprint density at radius 2 is 2.06 bits per heavy atom. The average molecular weight is 242 g/mol. The number of rotatable bonds is 2. The number of likely N-dealkylation sites (tertiary alicyclic amines) is 1. The Labute approximate surface area is 105 Å². The van der Waals surface area contributed by atoms with Crippen LogP contribution in [0.3, 0.4) is 0 Å². The summed E-state index contributed by atoms with van der Waals surface area (Å²) < 4.78 is 0. The molecule has 0 aliphatic carbocycles. The second-order valence-electron chi connectivity index (χ2n) is 4.04. The number of primary amides is 1. The molecule has 5 heteroatoms. The molecule has 2 N–H and O–H groups in total. The van der Waals surface area contributed by atoms with Gasteiger partial charge in [0.15, 0.2) is 0 Å². The molecule has 1 radical (unpaired) electrons. The van der Waals surface area contributed by atoms with Gasteiger partial charge in [0.05, 0.1) is 17.9 Å². The van der Waals surface area contributed by atoms with Crippen molar-refractivity contribution in [2.24, 2.45) is 5.73 Å². The first-order valence-electron chi connectivity index (χ1n) is 5.56. The zero-order chi connectivity index (χ0) is 13.1. The van der Waals surface area contributed by atoms with Crippen LogP contribution in [-0.2, 0) is 4.79 Å². The summed E-state index contributed by atoms with van der Waals surface area (Å²) in [6.45, 7) is 0.258. The van der Waals surface area contributed by atoms with E-state index in [4.69, 9.17) is 5.73 Å². The smallest absolute Gasteiger partial charge is 0.321 e. The van der Waals surface area contributed by atoms with Gasteiger partial charge in [-0.05, 0) is 12.0 Å². The van der Waals surface area contributed by atoms with Gasteiger partial charge in [0.25, 0.3) is 0 Å². The summed E-state index contributed by atoms with van der Waals surface area (Å²) in [4.78, 5) is 24.0. The predicted octanol–water partition coefficient (Wildman–Crippen LogP) is 1.18. The number of nitriles is 1. The van der Waals surface area contributed by atoms with Crippen molar-refractivity contribution in [2.75, 3.05) is 6.54 Å². The lowest BCUT2D eigenvalue weighted by Gasteiger charge is -2.15. The standard InChI is InChI=1S/C13H12N3O2/c14-8-11(9-4-2-1-3-5-9)10-6-7-16(12(10)17)13(15)18/h1-5,11H,6-7H2,(H2,15,18). The van der Waals surface area contributed by atoms with Crippen LogP contribution in [0.15, 0.2) is 30.3 Å². The minimum absolute atomic E-state index is 0.258. The van der Waals surface area contributed by atoms with Crippen molar-refractivity contribution in [2.45, 2.75) is 12.3 Å². The molecule has 91 valence electrons. The number of imide groups is 1. The Bertz CT molecular complexity index is 507. The van der Waals surface area contributed by atoms with Gasteiger partial charge in [-0.15, -0.1) is 0 Å². The third kappa shape index (κ3) is 2.05. The monoisotopic (exact) mass is 242 g/mol. The molecule has 0 aromatic heterocycles. The summed E-state index contributed by atoms with van der Waals surface area (Å²) in [5, 5.41) is 9.22. The number of amides is 3. The number of nitrogens with zero attached hydrogens (tertiary/aromatic N) is 2. The zero-order valence-electron chi connectivity index (χ0n) is 9.67. The van der Waals surface area contributed by atoms with E-state index in [9.17, 15) is 14.9 Å². The second-order valence-corrected chi connectivity index (χ2v) is 4.04. The SMILES string of the molecule is N#CC([C]1CCN(C(N)=O)C1=O)c1ccccc1. The summed E-state index contributed by atoms with van der Waals surface area (Å²) in [5.74, 6) is -0.608. The first-order valence-corrected chi connectivity index (χ1v) is 5.56. The maximum absolute atomic E-state index is 12.0. The van der Waals surface area contributed by atoms with Gasteiger partial charge in [-0.3, -0.25) is 9.69 Å². The van der Waals surface area contributed by atoms with Crippen molar-refractivity contribution in [1.29, 1.82) is 5.26 Å². The molecule has 1 fully saturated rings. The lowest BCUT2D eigenvalue weighted by Crippen LogP contribution is -2.38. The topological polar surface area (TPSA) is 87.2 Å². The van der Waals surface area contributed by atoms with Crippen molar-refractivity contribution < 1.29 is 9.59 Å².